The fraction of sp³-hybridized carbons (Fsp3) is 0.720. The van der Waals surface area contributed by atoms with E-state index in [1.54, 1.807) is 61.2 Å². The fourth-order valence-electron chi connectivity index (χ4n) is 9.00. The summed E-state index contributed by atoms with van der Waals surface area (Å²) in [6, 6.07) is 0. The lowest BCUT2D eigenvalue weighted by Gasteiger charge is -2.04. The summed E-state index contributed by atoms with van der Waals surface area (Å²) in [5.74, 6) is 0. The smallest absolute Gasteiger partial charge is 0.0535 e. The minimum atomic E-state index is 1.26. The summed E-state index contributed by atoms with van der Waals surface area (Å²) in [7, 11) is 0. The van der Waals surface area contributed by atoms with Crippen molar-refractivity contribution in [1.82, 2.24) is 0 Å². The van der Waals surface area contributed by atoms with Crippen LogP contribution in [0.1, 0.15) is 229 Å². The molecule has 0 aliphatic rings. The Balaban J connectivity index is 1.01. The Kier molecular flexibility index (Phi) is 20.8. The van der Waals surface area contributed by atoms with Gasteiger partial charge in [0.15, 0.2) is 0 Å². The standard InChI is InChI=1S/C50H78S4/c1-5-7-9-11-13-15-17-19-21-23-25-27-29-31-33-35-41-37-51-49-43-39(3)46-44(40(4)45(43)53-47(41)49)50-48(54-46)42(38-52-50)36-34-32-30-28-26-24-22-20-18-16-14-12-10-8-6-2/h37-38H,5-36H2,1-4H3. The zero-order valence-electron chi connectivity index (χ0n) is 35.4. The van der Waals surface area contributed by atoms with Crippen LogP contribution in [-0.4, -0.2) is 0 Å². The first-order chi connectivity index (χ1) is 26.7. The number of hydrogen-bond acceptors (Lipinski definition) is 4. The lowest BCUT2D eigenvalue weighted by atomic mass is 10.0. The summed E-state index contributed by atoms with van der Waals surface area (Å²) in [6.45, 7) is 9.48. The molecule has 4 heterocycles. The Morgan fingerprint density at radius 3 is 0.852 bits per heavy atom. The van der Waals surface area contributed by atoms with Crippen LogP contribution >= 0.6 is 45.3 Å². The minimum absolute atomic E-state index is 1.26. The first kappa shape index (κ1) is 44.2. The van der Waals surface area contributed by atoms with Crippen molar-refractivity contribution < 1.29 is 0 Å². The molecule has 4 heteroatoms. The number of hydrogen-bond donors (Lipinski definition) is 0. The van der Waals surface area contributed by atoms with Crippen LogP contribution in [0.2, 0.25) is 0 Å². The monoisotopic (exact) mass is 806 g/mol. The van der Waals surface area contributed by atoms with Gasteiger partial charge in [-0.25, -0.2) is 0 Å². The molecule has 0 saturated heterocycles. The highest BCUT2D eigenvalue weighted by atomic mass is 32.1. The van der Waals surface area contributed by atoms with E-state index in [1.807, 2.05) is 22.7 Å². The van der Waals surface area contributed by atoms with Gasteiger partial charge in [0.05, 0.1) is 9.40 Å². The fourth-order valence-corrected chi connectivity index (χ4v) is 14.6. The van der Waals surface area contributed by atoms with Gasteiger partial charge in [-0.3, -0.25) is 0 Å². The van der Waals surface area contributed by atoms with Crippen LogP contribution in [0.25, 0.3) is 39.0 Å². The highest BCUT2D eigenvalue weighted by Crippen LogP contribution is 2.51. The van der Waals surface area contributed by atoms with E-state index in [0.717, 1.165) is 0 Å². The molecule has 0 nitrogen and oxygen atoms in total. The Labute approximate surface area is 348 Å². The van der Waals surface area contributed by atoms with E-state index < -0.39 is 0 Å². The molecule has 0 aliphatic carbocycles. The lowest BCUT2D eigenvalue weighted by Crippen LogP contribution is -1.85. The van der Waals surface area contributed by atoms with Gasteiger partial charge in [0.25, 0.3) is 0 Å². The Morgan fingerprint density at radius 1 is 0.315 bits per heavy atom. The predicted octanol–water partition coefficient (Wildman–Crippen LogP) is 20.0. The van der Waals surface area contributed by atoms with Gasteiger partial charge < -0.3 is 0 Å². The maximum absolute atomic E-state index is 2.51. The third-order valence-corrected chi connectivity index (χ3v) is 17.6. The number of fused-ring (bicyclic) bond motifs is 6. The number of unbranched alkanes of at least 4 members (excludes halogenated alkanes) is 28. The van der Waals surface area contributed by atoms with E-state index in [2.05, 4.69) is 61.1 Å². The molecule has 0 N–H and O–H groups in total. The Bertz CT molecular complexity index is 1610. The van der Waals surface area contributed by atoms with E-state index in [0.29, 0.717) is 0 Å². The third-order valence-electron chi connectivity index (χ3n) is 12.5. The van der Waals surface area contributed by atoms with E-state index in [1.165, 1.54) is 205 Å². The van der Waals surface area contributed by atoms with Crippen molar-refractivity contribution >= 4 is 84.3 Å². The van der Waals surface area contributed by atoms with Gasteiger partial charge in [-0.1, -0.05) is 194 Å². The van der Waals surface area contributed by atoms with Crippen LogP contribution < -0.4 is 0 Å². The molecular weight excluding hydrogens is 729 g/mol. The largest absolute Gasteiger partial charge is 0.142 e. The summed E-state index contributed by atoms with van der Waals surface area (Å²) in [5.41, 5.74) is 6.34. The summed E-state index contributed by atoms with van der Waals surface area (Å²) in [4.78, 5) is 0. The van der Waals surface area contributed by atoms with Gasteiger partial charge in [-0.05, 0) is 72.5 Å². The lowest BCUT2D eigenvalue weighted by molar-refractivity contribution is 0.532. The molecule has 0 amide bonds. The molecule has 5 rings (SSSR count). The van der Waals surface area contributed by atoms with E-state index in [4.69, 9.17) is 0 Å². The second kappa shape index (κ2) is 25.4. The second-order valence-corrected chi connectivity index (χ2v) is 20.9. The topological polar surface area (TPSA) is 0 Å². The molecule has 54 heavy (non-hydrogen) atoms. The maximum atomic E-state index is 2.51. The van der Waals surface area contributed by atoms with E-state index in [9.17, 15) is 0 Å². The molecule has 0 atom stereocenters. The Hall–Kier alpha value is -0.940. The van der Waals surface area contributed by atoms with Crippen LogP contribution in [0.3, 0.4) is 0 Å². The van der Waals surface area contributed by atoms with Gasteiger partial charge in [0.1, 0.15) is 0 Å². The van der Waals surface area contributed by atoms with Crippen molar-refractivity contribution in [3.63, 3.8) is 0 Å². The van der Waals surface area contributed by atoms with Crippen molar-refractivity contribution in [2.75, 3.05) is 0 Å². The molecule has 5 aromatic rings. The molecule has 0 unspecified atom stereocenters. The molecule has 302 valence electrons. The zero-order chi connectivity index (χ0) is 37.8. The summed E-state index contributed by atoms with van der Waals surface area (Å²) in [5, 5.41) is 8.16. The first-order valence-electron chi connectivity index (χ1n) is 23.4. The summed E-state index contributed by atoms with van der Waals surface area (Å²) in [6.07, 6.45) is 45.6. The summed E-state index contributed by atoms with van der Waals surface area (Å²) < 4.78 is 9.47. The van der Waals surface area contributed by atoms with Crippen molar-refractivity contribution in [3.8, 4) is 0 Å². The third kappa shape index (κ3) is 13.0. The number of thiophene rings is 4. The van der Waals surface area contributed by atoms with E-state index in [-0.39, 0.29) is 0 Å². The Morgan fingerprint density at radius 2 is 0.574 bits per heavy atom. The van der Waals surface area contributed by atoms with E-state index >= 15 is 0 Å². The molecular formula is C50H78S4. The first-order valence-corrected chi connectivity index (χ1v) is 26.8. The van der Waals surface area contributed by atoms with Gasteiger partial charge in [-0.15, -0.1) is 45.3 Å². The van der Waals surface area contributed by atoms with Crippen molar-refractivity contribution in [1.29, 1.82) is 0 Å². The summed E-state index contributed by atoms with van der Waals surface area (Å²) >= 11 is 8.27. The minimum Gasteiger partial charge on any atom is -0.142 e. The average Bonchev–Trinajstić information content (AvgIpc) is 3.95. The second-order valence-electron chi connectivity index (χ2n) is 17.1. The SMILES string of the molecule is CCCCCCCCCCCCCCCCCc1csc2c1sc1c(C)c3c(sc4c(CCCCCCCCCCCCCCCCC)csc43)c(C)c12. The van der Waals surface area contributed by atoms with Crippen LogP contribution in [0.4, 0.5) is 0 Å². The van der Waals surface area contributed by atoms with Crippen LogP contribution in [0, 0.1) is 13.8 Å². The van der Waals surface area contributed by atoms with Crippen LogP contribution in [-0.2, 0) is 12.8 Å². The molecule has 0 radical (unpaired) electrons. The maximum Gasteiger partial charge on any atom is 0.0535 e. The van der Waals surface area contributed by atoms with Crippen LogP contribution in [0.15, 0.2) is 10.8 Å². The molecule has 0 saturated carbocycles. The normalized spacial score (nSPS) is 12.2. The van der Waals surface area contributed by atoms with Crippen molar-refractivity contribution in [2.45, 2.75) is 233 Å². The zero-order valence-corrected chi connectivity index (χ0v) is 38.7. The number of rotatable bonds is 32. The molecule has 0 spiro atoms. The number of aryl methyl sites for hydroxylation is 4. The molecule has 0 bridgehead atoms. The quantitative estimate of drug-likeness (QED) is 0.0380. The molecule has 4 aromatic heterocycles. The highest BCUT2D eigenvalue weighted by molar-refractivity contribution is 7.34. The van der Waals surface area contributed by atoms with Crippen LogP contribution in [0.5, 0.6) is 0 Å². The van der Waals surface area contributed by atoms with Gasteiger partial charge >= 0.3 is 0 Å². The number of benzene rings is 1. The predicted molar refractivity (Wildman–Crippen MR) is 255 cm³/mol. The average molecular weight is 807 g/mol. The van der Waals surface area contributed by atoms with Gasteiger partial charge in [0, 0.05) is 29.6 Å². The van der Waals surface area contributed by atoms with Crippen molar-refractivity contribution in [3.05, 3.63) is 33.0 Å². The molecule has 1 aromatic carbocycles. The van der Waals surface area contributed by atoms with Gasteiger partial charge in [-0.2, -0.15) is 0 Å². The highest BCUT2D eigenvalue weighted by Gasteiger charge is 2.22. The van der Waals surface area contributed by atoms with Gasteiger partial charge in [0.2, 0.25) is 0 Å². The van der Waals surface area contributed by atoms with Crippen molar-refractivity contribution in [2.24, 2.45) is 0 Å². The molecule has 0 fully saturated rings. The molecule has 0 aliphatic heterocycles.